The standard InChI is InChI=1S/C21H32N2O2/c1-21(2)15-23(13-12-19(21)22)20(24)11-10-16-6-5-9-18(14-16)25-17-7-3-4-8-17/h5-6,9,14,17,19H,3-4,7-8,10-13,15,22H2,1-2H3. The molecule has 1 heterocycles. The van der Waals surface area contributed by atoms with Crippen LogP contribution in [0.4, 0.5) is 0 Å². The molecular formula is C21H32N2O2. The van der Waals surface area contributed by atoms with E-state index in [1.807, 2.05) is 17.0 Å². The highest BCUT2D eigenvalue weighted by atomic mass is 16.5. The van der Waals surface area contributed by atoms with E-state index in [2.05, 4.69) is 26.0 Å². The molecule has 25 heavy (non-hydrogen) atoms. The maximum Gasteiger partial charge on any atom is 0.222 e. The Hall–Kier alpha value is -1.55. The van der Waals surface area contributed by atoms with E-state index in [1.54, 1.807) is 0 Å². The first kappa shape index (κ1) is 18.2. The van der Waals surface area contributed by atoms with Gasteiger partial charge in [0.1, 0.15) is 5.75 Å². The Balaban J connectivity index is 1.52. The zero-order valence-electron chi connectivity index (χ0n) is 15.7. The lowest BCUT2D eigenvalue weighted by atomic mass is 9.79. The van der Waals surface area contributed by atoms with Gasteiger partial charge >= 0.3 is 0 Å². The molecule has 1 aliphatic heterocycles. The fourth-order valence-electron chi connectivity index (χ4n) is 3.97. The van der Waals surface area contributed by atoms with E-state index in [4.69, 9.17) is 10.5 Å². The van der Waals surface area contributed by atoms with Gasteiger partial charge in [0, 0.05) is 25.6 Å². The van der Waals surface area contributed by atoms with Crippen molar-refractivity contribution in [2.75, 3.05) is 13.1 Å². The summed E-state index contributed by atoms with van der Waals surface area (Å²) >= 11 is 0. The molecule has 4 nitrogen and oxygen atoms in total. The molecule has 1 saturated heterocycles. The number of piperidine rings is 1. The van der Waals surface area contributed by atoms with Crippen LogP contribution in [0, 0.1) is 5.41 Å². The molecule has 0 aromatic heterocycles. The number of benzene rings is 1. The number of hydrogen-bond donors (Lipinski definition) is 1. The number of nitrogens with zero attached hydrogens (tertiary/aromatic N) is 1. The third-order valence-electron chi connectivity index (χ3n) is 5.80. The number of likely N-dealkylation sites (tertiary alicyclic amines) is 1. The van der Waals surface area contributed by atoms with Gasteiger partial charge in [0.25, 0.3) is 0 Å². The van der Waals surface area contributed by atoms with Gasteiger partial charge in [-0.2, -0.15) is 0 Å². The number of ether oxygens (including phenoxy) is 1. The number of carbonyl (C=O) groups is 1. The predicted molar refractivity (Wildman–Crippen MR) is 101 cm³/mol. The van der Waals surface area contributed by atoms with E-state index in [0.717, 1.165) is 44.5 Å². The Morgan fingerprint density at radius 1 is 1.28 bits per heavy atom. The van der Waals surface area contributed by atoms with Crippen LogP contribution in [0.1, 0.15) is 57.9 Å². The molecule has 1 aliphatic carbocycles. The van der Waals surface area contributed by atoms with Gasteiger partial charge in [0.15, 0.2) is 0 Å². The van der Waals surface area contributed by atoms with Crippen LogP contribution in [0.3, 0.4) is 0 Å². The molecule has 0 bridgehead atoms. The van der Waals surface area contributed by atoms with Crippen LogP contribution in [-0.2, 0) is 11.2 Å². The number of hydrogen-bond acceptors (Lipinski definition) is 3. The van der Waals surface area contributed by atoms with E-state index in [-0.39, 0.29) is 17.4 Å². The van der Waals surface area contributed by atoms with Crippen LogP contribution in [0.2, 0.25) is 0 Å². The summed E-state index contributed by atoms with van der Waals surface area (Å²) in [6.45, 7) is 5.86. The second-order valence-electron chi connectivity index (χ2n) is 8.37. The highest BCUT2D eigenvalue weighted by Crippen LogP contribution is 2.28. The van der Waals surface area contributed by atoms with Crippen molar-refractivity contribution in [1.82, 2.24) is 4.90 Å². The molecule has 1 unspecified atom stereocenters. The molecule has 1 saturated carbocycles. The average molecular weight is 344 g/mol. The Labute approximate surface area is 151 Å². The zero-order chi connectivity index (χ0) is 17.9. The van der Waals surface area contributed by atoms with Gasteiger partial charge in [0.2, 0.25) is 5.91 Å². The van der Waals surface area contributed by atoms with Crippen molar-refractivity contribution in [3.8, 4) is 5.75 Å². The van der Waals surface area contributed by atoms with E-state index in [9.17, 15) is 4.79 Å². The number of rotatable bonds is 5. The van der Waals surface area contributed by atoms with E-state index < -0.39 is 0 Å². The predicted octanol–water partition coefficient (Wildman–Crippen LogP) is 3.53. The van der Waals surface area contributed by atoms with Gasteiger partial charge in [-0.15, -0.1) is 0 Å². The van der Waals surface area contributed by atoms with Gasteiger partial charge in [-0.05, 0) is 61.6 Å². The van der Waals surface area contributed by atoms with Crippen LogP contribution >= 0.6 is 0 Å². The Kier molecular flexibility index (Phi) is 5.67. The minimum atomic E-state index is 0.00293. The second-order valence-corrected chi connectivity index (χ2v) is 8.37. The van der Waals surface area contributed by atoms with Crippen LogP contribution in [0.5, 0.6) is 5.75 Å². The lowest BCUT2D eigenvalue weighted by Gasteiger charge is -2.42. The second kappa shape index (κ2) is 7.77. The van der Waals surface area contributed by atoms with Gasteiger partial charge < -0.3 is 15.4 Å². The van der Waals surface area contributed by atoms with Crippen molar-refractivity contribution in [2.45, 2.75) is 70.9 Å². The summed E-state index contributed by atoms with van der Waals surface area (Å²) in [7, 11) is 0. The topological polar surface area (TPSA) is 55.6 Å². The van der Waals surface area contributed by atoms with Crippen LogP contribution in [0.25, 0.3) is 0 Å². The van der Waals surface area contributed by atoms with E-state index in [0.29, 0.717) is 12.5 Å². The first-order valence-corrected chi connectivity index (χ1v) is 9.73. The van der Waals surface area contributed by atoms with Crippen molar-refractivity contribution in [3.05, 3.63) is 29.8 Å². The molecular weight excluding hydrogens is 312 g/mol. The van der Waals surface area contributed by atoms with E-state index >= 15 is 0 Å². The molecule has 2 aliphatic rings. The molecule has 2 fully saturated rings. The number of nitrogens with two attached hydrogens (primary N) is 1. The van der Waals surface area contributed by atoms with Crippen LogP contribution in [-0.4, -0.2) is 36.0 Å². The van der Waals surface area contributed by atoms with Crippen molar-refractivity contribution < 1.29 is 9.53 Å². The third-order valence-corrected chi connectivity index (χ3v) is 5.80. The molecule has 1 aromatic rings. The molecule has 0 spiro atoms. The molecule has 2 N–H and O–H groups in total. The minimum absolute atomic E-state index is 0.00293. The molecule has 1 aromatic carbocycles. The Morgan fingerprint density at radius 2 is 2.04 bits per heavy atom. The van der Waals surface area contributed by atoms with Crippen molar-refractivity contribution in [2.24, 2.45) is 11.1 Å². The van der Waals surface area contributed by atoms with E-state index in [1.165, 1.54) is 18.4 Å². The lowest BCUT2D eigenvalue weighted by molar-refractivity contribution is -0.134. The van der Waals surface area contributed by atoms with Crippen molar-refractivity contribution in [3.63, 3.8) is 0 Å². The van der Waals surface area contributed by atoms with Crippen LogP contribution in [0.15, 0.2) is 24.3 Å². The quantitative estimate of drug-likeness (QED) is 0.889. The fourth-order valence-corrected chi connectivity index (χ4v) is 3.97. The summed E-state index contributed by atoms with van der Waals surface area (Å²) in [6.07, 6.45) is 7.46. The zero-order valence-corrected chi connectivity index (χ0v) is 15.7. The monoisotopic (exact) mass is 344 g/mol. The summed E-state index contributed by atoms with van der Waals surface area (Å²) in [5, 5.41) is 0. The highest BCUT2D eigenvalue weighted by Gasteiger charge is 2.35. The van der Waals surface area contributed by atoms with Crippen molar-refractivity contribution in [1.29, 1.82) is 0 Å². The largest absolute Gasteiger partial charge is 0.490 e. The molecule has 138 valence electrons. The number of amides is 1. The Bertz CT molecular complexity index is 593. The normalized spacial score (nSPS) is 23.6. The fraction of sp³-hybridized carbons (Fsp3) is 0.667. The van der Waals surface area contributed by atoms with Gasteiger partial charge in [-0.25, -0.2) is 0 Å². The lowest BCUT2D eigenvalue weighted by Crippen LogP contribution is -2.54. The van der Waals surface area contributed by atoms with Gasteiger partial charge in [-0.3, -0.25) is 4.79 Å². The average Bonchev–Trinajstić information content (AvgIpc) is 3.08. The molecule has 4 heteroatoms. The summed E-state index contributed by atoms with van der Waals surface area (Å²) in [5.74, 6) is 1.18. The maximum atomic E-state index is 12.6. The Morgan fingerprint density at radius 3 is 2.76 bits per heavy atom. The molecule has 1 amide bonds. The first-order valence-electron chi connectivity index (χ1n) is 9.73. The number of carbonyl (C=O) groups excluding carboxylic acids is 1. The smallest absolute Gasteiger partial charge is 0.222 e. The maximum absolute atomic E-state index is 12.6. The summed E-state index contributed by atoms with van der Waals surface area (Å²) < 4.78 is 6.07. The first-order chi connectivity index (χ1) is 11.9. The molecule has 1 atom stereocenters. The van der Waals surface area contributed by atoms with Crippen LogP contribution < -0.4 is 10.5 Å². The summed E-state index contributed by atoms with van der Waals surface area (Å²) in [4.78, 5) is 14.6. The minimum Gasteiger partial charge on any atom is -0.490 e. The van der Waals surface area contributed by atoms with Gasteiger partial charge in [0.05, 0.1) is 6.10 Å². The molecule has 3 rings (SSSR count). The van der Waals surface area contributed by atoms with Gasteiger partial charge in [-0.1, -0.05) is 26.0 Å². The summed E-state index contributed by atoms with van der Waals surface area (Å²) in [6, 6.07) is 8.43. The molecule has 0 radical (unpaired) electrons. The summed E-state index contributed by atoms with van der Waals surface area (Å²) in [5.41, 5.74) is 7.35. The SMILES string of the molecule is CC1(C)CN(C(=O)CCc2cccc(OC3CCCC3)c2)CCC1N. The highest BCUT2D eigenvalue weighted by molar-refractivity contribution is 5.76. The third kappa shape index (κ3) is 4.75. The van der Waals surface area contributed by atoms with Crippen molar-refractivity contribution >= 4 is 5.91 Å². The number of aryl methyl sites for hydroxylation is 1.